The second kappa shape index (κ2) is 6.29. The van der Waals surface area contributed by atoms with E-state index in [-0.39, 0.29) is 28.0 Å². The minimum atomic E-state index is -0.951. The Morgan fingerprint density at radius 2 is 2.04 bits per heavy atom. The van der Waals surface area contributed by atoms with Gasteiger partial charge in [-0.05, 0) is 24.3 Å². The number of aromatic nitrogens is 3. The highest BCUT2D eigenvalue weighted by atomic mass is 35.5. The lowest BCUT2D eigenvalue weighted by atomic mass is 10.2. The van der Waals surface area contributed by atoms with Gasteiger partial charge < -0.3 is 15.1 Å². The van der Waals surface area contributed by atoms with Crippen molar-refractivity contribution < 1.29 is 14.3 Å². The van der Waals surface area contributed by atoms with Crippen molar-refractivity contribution in [1.82, 2.24) is 14.6 Å². The molecule has 0 radical (unpaired) electrons. The largest absolute Gasteiger partial charge is 0.506 e. The Balaban J connectivity index is 2.02. The molecule has 128 valence electrons. The quantitative estimate of drug-likeness (QED) is 0.562. The standard InChI is InChI=1S/C15H10ClFN4O4/c16-4-3-9-12(22)6-11(18-9)13(23)20-21-14(24)8-2-1-7(17)5-10(8)19-15(21)25/h1-6,18,22H,(H,19,25)(H,20,23)/b4-3+. The van der Waals surface area contributed by atoms with Gasteiger partial charge in [-0.25, -0.2) is 9.18 Å². The van der Waals surface area contributed by atoms with Crippen LogP contribution in [0.3, 0.4) is 0 Å². The summed E-state index contributed by atoms with van der Waals surface area (Å²) in [6, 6.07) is 4.35. The van der Waals surface area contributed by atoms with Gasteiger partial charge >= 0.3 is 5.69 Å². The first-order chi connectivity index (χ1) is 11.9. The van der Waals surface area contributed by atoms with Crippen LogP contribution in [0.5, 0.6) is 5.75 Å². The number of hydrogen-bond donors (Lipinski definition) is 4. The summed E-state index contributed by atoms with van der Waals surface area (Å²) in [5.41, 5.74) is 1.54. The van der Waals surface area contributed by atoms with Crippen molar-refractivity contribution in [3.8, 4) is 5.75 Å². The number of nitrogens with one attached hydrogen (secondary N) is 3. The summed E-state index contributed by atoms with van der Waals surface area (Å²) in [6.07, 6.45) is 1.32. The highest BCUT2D eigenvalue weighted by molar-refractivity contribution is 6.27. The summed E-state index contributed by atoms with van der Waals surface area (Å²) in [5.74, 6) is -1.71. The van der Waals surface area contributed by atoms with Crippen molar-refractivity contribution in [3.63, 3.8) is 0 Å². The number of amides is 1. The van der Waals surface area contributed by atoms with Crippen molar-refractivity contribution in [1.29, 1.82) is 0 Å². The van der Waals surface area contributed by atoms with Crippen molar-refractivity contribution in [2.24, 2.45) is 0 Å². The molecule has 3 aromatic rings. The van der Waals surface area contributed by atoms with E-state index >= 15 is 0 Å². The molecule has 3 rings (SSSR count). The molecule has 2 aromatic heterocycles. The zero-order valence-corrected chi connectivity index (χ0v) is 13.1. The normalized spacial score (nSPS) is 11.3. The molecular formula is C15H10ClFN4O4. The SMILES string of the molecule is O=C(Nn1c(=O)[nH]c2cc(F)ccc2c1=O)c1cc(O)c(/C=C/Cl)[nH]1. The van der Waals surface area contributed by atoms with Gasteiger partial charge in [0, 0.05) is 11.6 Å². The molecule has 10 heteroatoms. The smallest absolute Gasteiger partial charge is 0.348 e. The van der Waals surface area contributed by atoms with Crippen LogP contribution >= 0.6 is 11.6 Å². The van der Waals surface area contributed by atoms with Crippen molar-refractivity contribution in [2.75, 3.05) is 5.43 Å². The van der Waals surface area contributed by atoms with Gasteiger partial charge in [-0.2, -0.15) is 4.68 Å². The minimum absolute atomic E-state index is 0.00699. The second-order valence-corrected chi connectivity index (χ2v) is 5.23. The third-order valence-electron chi connectivity index (χ3n) is 3.37. The Hall–Kier alpha value is -3.33. The monoisotopic (exact) mass is 364 g/mol. The summed E-state index contributed by atoms with van der Waals surface area (Å²) < 4.78 is 13.6. The molecule has 0 atom stereocenters. The Labute approximate surface area is 143 Å². The predicted octanol–water partition coefficient (Wildman–Crippen LogP) is 1.46. The molecule has 2 heterocycles. The first-order valence-corrected chi connectivity index (χ1v) is 7.29. The zero-order valence-electron chi connectivity index (χ0n) is 12.3. The van der Waals surface area contributed by atoms with E-state index in [0.29, 0.717) is 4.68 Å². The molecule has 4 N–H and O–H groups in total. The molecule has 0 bridgehead atoms. The van der Waals surface area contributed by atoms with Crippen molar-refractivity contribution in [3.05, 3.63) is 67.8 Å². The molecule has 0 saturated heterocycles. The minimum Gasteiger partial charge on any atom is -0.506 e. The van der Waals surface area contributed by atoms with E-state index in [2.05, 4.69) is 15.4 Å². The summed E-state index contributed by atoms with van der Waals surface area (Å²) in [4.78, 5) is 41.4. The van der Waals surface area contributed by atoms with E-state index in [1.54, 1.807) is 0 Å². The van der Waals surface area contributed by atoms with Crippen molar-refractivity contribution >= 4 is 34.5 Å². The summed E-state index contributed by atoms with van der Waals surface area (Å²) in [7, 11) is 0. The van der Waals surface area contributed by atoms with Gasteiger partial charge in [0.15, 0.2) is 0 Å². The Morgan fingerprint density at radius 1 is 1.28 bits per heavy atom. The molecule has 0 unspecified atom stereocenters. The number of rotatable bonds is 3. The number of H-pyrrole nitrogens is 2. The lowest BCUT2D eigenvalue weighted by molar-refractivity contribution is 0.100. The molecule has 0 spiro atoms. The number of hydrogen-bond acceptors (Lipinski definition) is 4. The van der Waals surface area contributed by atoms with Crippen LogP contribution in [0, 0.1) is 5.82 Å². The van der Waals surface area contributed by atoms with Crippen LogP contribution in [0.2, 0.25) is 0 Å². The molecule has 25 heavy (non-hydrogen) atoms. The molecule has 0 aliphatic heterocycles. The highest BCUT2D eigenvalue weighted by Gasteiger charge is 2.15. The van der Waals surface area contributed by atoms with Crippen molar-refractivity contribution in [2.45, 2.75) is 0 Å². The van der Waals surface area contributed by atoms with Gasteiger partial charge in [-0.3, -0.25) is 15.0 Å². The van der Waals surface area contributed by atoms with Crippen LogP contribution in [-0.4, -0.2) is 25.7 Å². The fraction of sp³-hybridized carbons (Fsp3) is 0. The van der Waals surface area contributed by atoms with Gasteiger partial charge in [0.1, 0.15) is 17.3 Å². The van der Waals surface area contributed by atoms with Crippen LogP contribution in [0.1, 0.15) is 16.2 Å². The number of nitrogens with zero attached hydrogens (tertiary/aromatic N) is 1. The summed E-state index contributed by atoms with van der Waals surface area (Å²) >= 11 is 5.40. The van der Waals surface area contributed by atoms with E-state index < -0.39 is 23.0 Å². The maximum absolute atomic E-state index is 13.2. The number of halogens is 2. The lowest BCUT2D eigenvalue weighted by Crippen LogP contribution is -2.43. The van der Waals surface area contributed by atoms with E-state index in [9.17, 15) is 23.9 Å². The summed E-state index contributed by atoms with van der Waals surface area (Å²) in [6.45, 7) is 0. The van der Waals surface area contributed by atoms with E-state index in [1.807, 2.05) is 0 Å². The Kier molecular flexibility index (Phi) is 4.15. The van der Waals surface area contributed by atoms with Gasteiger partial charge in [0.05, 0.1) is 16.6 Å². The van der Waals surface area contributed by atoms with Gasteiger partial charge in [-0.15, -0.1) is 0 Å². The van der Waals surface area contributed by atoms with Crippen LogP contribution < -0.4 is 16.7 Å². The average Bonchev–Trinajstić information content (AvgIpc) is 2.92. The third-order valence-corrected chi connectivity index (χ3v) is 3.50. The van der Waals surface area contributed by atoms with Crippen LogP contribution in [0.25, 0.3) is 17.0 Å². The molecule has 1 amide bonds. The fourth-order valence-electron chi connectivity index (χ4n) is 2.23. The number of carbonyl (C=O) groups excluding carboxylic acids is 1. The number of aromatic hydroxyl groups is 1. The maximum atomic E-state index is 13.2. The third kappa shape index (κ3) is 3.04. The first kappa shape index (κ1) is 16.5. The number of benzene rings is 1. The van der Waals surface area contributed by atoms with Gasteiger partial charge in [0.25, 0.3) is 11.5 Å². The van der Waals surface area contributed by atoms with E-state index in [4.69, 9.17) is 11.6 Å². The highest BCUT2D eigenvalue weighted by Crippen LogP contribution is 2.19. The Bertz CT molecular complexity index is 1130. The van der Waals surface area contributed by atoms with Gasteiger partial charge in [0.2, 0.25) is 0 Å². The van der Waals surface area contributed by atoms with Crippen LogP contribution in [0.4, 0.5) is 4.39 Å². The van der Waals surface area contributed by atoms with Crippen LogP contribution in [-0.2, 0) is 0 Å². The van der Waals surface area contributed by atoms with E-state index in [0.717, 1.165) is 23.7 Å². The topological polar surface area (TPSA) is 120 Å². The zero-order chi connectivity index (χ0) is 18.1. The predicted molar refractivity (Wildman–Crippen MR) is 89.8 cm³/mol. The van der Waals surface area contributed by atoms with Gasteiger partial charge in [-0.1, -0.05) is 11.6 Å². The van der Waals surface area contributed by atoms with Crippen LogP contribution in [0.15, 0.2) is 39.4 Å². The van der Waals surface area contributed by atoms with E-state index in [1.165, 1.54) is 12.1 Å². The lowest BCUT2D eigenvalue weighted by Gasteiger charge is -2.07. The molecular weight excluding hydrogens is 355 g/mol. The maximum Gasteiger partial charge on any atom is 0.348 e. The molecule has 0 saturated carbocycles. The average molecular weight is 365 g/mol. The number of carbonyl (C=O) groups is 1. The molecule has 0 aliphatic rings. The molecule has 8 nitrogen and oxygen atoms in total. The molecule has 1 aromatic carbocycles. The number of aromatic amines is 2. The number of fused-ring (bicyclic) bond motifs is 1. The molecule has 0 aliphatic carbocycles. The molecule has 0 fully saturated rings. The Morgan fingerprint density at radius 3 is 2.76 bits per heavy atom. The fourth-order valence-corrected chi connectivity index (χ4v) is 2.35. The second-order valence-electron chi connectivity index (χ2n) is 4.98. The summed E-state index contributed by atoms with van der Waals surface area (Å²) in [5, 5.41) is 9.68. The first-order valence-electron chi connectivity index (χ1n) is 6.85.